The molecule has 16 heavy (non-hydrogen) atoms. The number of carboxylic acid groups (broad SMARTS) is 1. The van der Waals surface area contributed by atoms with Crippen LogP contribution < -0.4 is 11.1 Å². The molecule has 0 fully saturated rings. The van der Waals surface area contributed by atoms with Crippen LogP contribution in [-0.2, 0) is 4.79 Å². The molecule has 4 heteroatoms. The molecule has 1 rings (SSSR count). The number of nitrogens with two attached hydrogens (primary N) is 1. The highest BCUT2D eigenvalue weighted by molar-refractivity contribution is 5.67. The first-order valence-electron chi connectivity index (χ1n) is 5.26. The number of aryl methyl sites for hydroxylation is 1. The number of nitrogens with one attached hydrogen (secondary N) is 1. The topological polar surface area (TPSA) is 75.3 Å². The van der Waals surface area contributed by atoms with Crippen LogP contribution in [0, 0.1) is 6.92 Å². The molecule has 0 heterocycles. The molecule has 0 saturated heterocycles. The van der Waals surface area contributed by atoms with Crippen molar-refractivity contribution in [3.05, 3.63) is 35.4 Å². The molecule has 0 bridgehead atoms. The average molecular weight is 222 g/mol. The summed E-state index contributed by atoms with van der Waals surface area (Å²) in [6.07, 6.45) is -0.0418. The average Bonchev–Trinajstić information content (AvgIpc) is 2.20. The first kappa shape index (κ1) is 12.7. The summed E-state index contributed by atoms with van der Waals surface area (Å²) in [5.74, 6) is -0.874. The van der Waals surface area contributed by atoms with Crippen LogP contribution in [0.15, 0.2) is 24.3 Å². The standard InChI is InChI=1S/C12H18N2O2/c1-8-5-3-4-6-9(8)12(14-2)10(13)7-11(15)16/h3-6,10,12,14H,7,13H2,1-2H3,(H,15,16). The third-order valence-electron chi connectivity index (χ3n) is 2.67. The van der Waals surface area contributed by atoms with E-state index in [1.165, 1.54) is 0 Å². The molecule has 0 aliphatic rings. The Bertz CT molecular complexity index is 366. The lowest BCUT2D eigenvalue weighted by molar-refractivity contribution is -0.137. The van der Waals surface area contributed by atoms with Crippen LogP contribution in [0.1, 0.15) is 23.6 Å². The lowest BCUT2D eigenvalue weighted by Crippen LogP contribution is -2.38. The van der Waals surface area contributed by atoms with Gasteiger partial charge in [-0.3, -0.25) is 4.79 Å². The molecule has 88 valence electrons. The summed E-state index contributed by atoms with van der Waals surface area (Å²) in [5.41, 5.74) is 8.05. The van der Waals surface area contributed by atoms with E-state index in [0.717, 1.165) is 11.1 Å². The van der Waals surface area contributed by atoms with Crippen LogP contribution in [0.3, 0.4) is 0 Å². The van der Waals surface area contributed by atoms with E-state index in [1.807, 2.05) is 31.2 Å². The number of rotatable bonds is 5. The number of aliphatic carboxylic acids is 1. The maximum Gasteiger partial charge on any atom is 0.304 e. The molecular formula is C12H18N2O2. The minimum absolute atomic E-state index is 0.0418. The third-order valence-corrected chi connectivity index (χ3v) is 2.67. The summed E-state index contributed by atoms with van der Waals surface area (Å²) in [7, 11) is 1.79. The van der Waals surface area contributed by atoms with E-state index in [4.69, 9.17) is 10.8 Å². The summed E-state index contributed by atoms with van der Waals surface area (Å²) < 4.78 is 0. The predicted molar refractivity (Wildman–Crippen MR) is 63.2 cm³/mol. The van der Waals surface area contributed by atoms with Crippen molar-refractivity contribution < 1.29 is 9.90 Å². The molecular weight excluding hydrogens is 204 g/mol. The number of benzene rings is 1. The van der Waals surface area contributed by atoms with Gasteiger partial charge in [0.2, 0.25) is 0 Å². The van der Waals surface area contributed by atoms with Crippen molar-refractivity contribution in [3.8, 4) is 0 Å². The number of hydrogen-bond donors (Lipinski definition) is 3. The van der Waals surface area contributed by atoms with Gasteiger partial charge in [-0.2, -0.15) is 0 Å². The van der Waals surface area contributed by atoms with Crippen LogP contribution in [-0.4, -0.2) is 24.2 Å². The first-order valence-corrected chi connectivity index (χ1v) is 5.26. The van der Waals surface area contributed by atoms with Gasteiger partial charge in [0.1, 0.15) is 0 Å². The summed E-state index contributed by atoms with van der Waals surface area (Å²) >= 11 is 0. The normalized spacial score (nSPS) is 14.4. The van der Waals surface area contributed by atoms with E-state index in [2.05, 4.69) is 5.32 Å². The third kappa shape index (κ3) is 3.05. The van der Waals surface area contributed by atoms with Gasteiger partial charge in [0.25, 0.3) is 0 Å². The van der Waals surface area contributed by atoms with Gasteiger partial charge in [-0.1, -0.05) is 24.3 Å². The van der Waals surface area contributed by atoms with Gasteiger partial charge >= 0.3 is 5.97 Å². The number of carbonyl (C=O) groups is 1. The van der Waals surface area contributed by atoms with Crippen LogP contribution in [0.25, 0.3) is 0 Å². The van der Waals surface area contributed by atoms with Crippen LogP contribution >= 0.6 is 0 Å². The highest BCUT2D eigenvalue weighted by atomic mass is 16.4. The predicted octanol–water partition coefficient (Wildman–Crippen LogP) is 1.06. The Hall–Kier alpha value is -1.39. The van der Waals surface area contributed by atoms with E-state index in [1.54, 1.807) is 7.05 Å². The van der Waals surface area contributed by atoms with Crippen LogP contribution in [0.4, 0.5) is 0 Å². The van der Waals surface area contributed by atoms with Crippen molar-refractivity contribution in [1.29, 1.82) is 0 Å². The van der Waals surface area contributed by atoms with E-state index >= 15 is 0 Å². The SMILES string of the molecule is CNC(c1ccccc1C)C(N)CC(=O)O. The van der Waals surface area contributed by atoms with Crippen molar-refractivity contribution in [1.82, 2.24) is 5.32 Å². The van der Waals surface area contributed by atoms with E-state index < -0.39 is 12.0 Å². The fourth-order valence-electron chi connectivity index (χ4n) is 1.86. The Labute approximate surface area is 95.5 Å². The fourth-order valence-corrected chi connectivity index (χ4v) is 1.86. The van der Waals surface area contributed by atoms with Crippen molar-refractivity contribution in [2.45, 2.75) is 25.4 Å². The molecule has 4 N–H and O–H groups in total. The Morgan fingerprint density at radius 3 is 2.62 bits per heavy atom. The maximum absolute atomic E-state index is 10.6. The first-order chi connectivity index (χ1) is 7.56. The molecule has 2 unspecified atom stereocenters. The molecule has 2 atom stereocenters. The van der Waals surface area contributed by atoms with Crippen molar-refractivity contribution in [3.63, 3.8) is 0 Å². The highest BCUT2D eigenvalue weighted by Gasteiger charge is 2.21. The second-order valence-corrected chi connectivity index (χ2v) is 3.88. The monoisotopic (exact) mass is 222 g/mol. The Morgan fingerprint density at radius 1 is 1.50 bits per heavy atom. The quantitative estimate of drug-likeness (QED) is 0.696. The zero-order valence-corrected chi connectivity index (χ0v) is 9.60. The summed E-state index contributed by atoms with van der Waals surface area (Å²) in [4.78, 5) is 10.6. The molecule has 0 aliphatic carbocycles. The molecule has 0 aromatic heterocycles. The minimum atomic E-state index is -0.874. The van der Waals surface area contributed by atoms with Crippen LogP contribution in [0.2, 0.25) is 0 Å². The molecule has 0 spiro atoms. The lowest BCUT2D eigenvalue weighted by atomic mass is 9.94. The molecule has 0 saturated carbocycles. The van der Waals surface area contributed by atoms with E-state index in [9.17, 15) is 4.79 Å². The zero-order valence-electron chi connectivity index (χ0n) is 9.60. The van der Waals surface area contributed by atoms with E-state index in [-0.39, 0.29) is 12.5 Å². The smallest absolute Gasteiger partial charge is 0.304 e. The van der Waals surface area contributed by atoms with Gasteiger partial charge < -0.3 is 16.2 Å². The van der Waals surface area contributed by atoms with E-state index in [0.29, 0.717) is 0 Å². The van der Waals surface area contributed by atoms with Gasteiger partial charge in [-0.05, 0) is 25.1 Å². The maximum atomic E-state index is 10.6. The van der Waals surface area contributed by atoms with Crippen molar-refractivity contribution in [2.24, 2.45) is 5.73 Å². The van der Waals surface area contributed by atoms with Crippen molar-refractivity contribution in [2.75, 3.05) is 7.05 Å². The molecule has 0 radical (unpaired) electrons. The highest BCUT2D eigenvalue weighted by Crippen LogP contribution is 2.20. The summed E-state index contributed by atoms with van der Waals surface area (Å²) in [6.45, 7) is 1.99. The zero-order chi connectivity index (χ0) is 12.1. The fraction of sp³-hybridized carbons (Fsp3) is 0.417. The molecule has 0 aliphatic heterocycles. The van der Waals surface area contributed by atoms with Gasteiger partial charge in [-0.15, -0.1) is 0 Å². The molecule has 1 aromatic carbocycles. The van der Waals surface area contributed by atoms with Gasteiger partial charge in [0, 0.05) is 12.1 Å². The number of carboxylic acids is 1. The lowest BCUT2D eigenvalue weighted by Gasteiger charge is -2.24. The second-order valence-electron chi connectivity index (χ2n) is 3.88. The Balaban J connectivity index is 2.90. The van der Waals surface area contributed by atoms with Crippen molar-refractivity contribution >= 4 is 5.97 Å². The molecule has 0 amide bonds. The largest absolute Gasteiger partial charge is 0.481 e. The van der Waals surface area contributed by atoms with Crippen LogP contribution in [0.5, 0.6) is 0 Å². The van der Waals surface area contributed by atoms with Gasteiger partial charge in [0.15, 0.2) is 0 Å². The second kappa shape index (κ2) is 5.63. The van der Waals surface area contributed by atoms with Gasteiger partial charge in [-0.25, -0.2) is 0 Å². The summed E-state index contributed by atoms with van der Waals surface area (Å²) in [5, 5.41) is 11.8. The van der Waals surface area contributed by atoms with Gasteiger partial charge in [0.05, 0.1) is 6.42 Å². The molecule has 4 nitrogen and oxygen atoms in total. The molecule has 1 aromatic rings. The Morgan fingerprint density at radius 2 is 2.12 bits per heavy atom. The number of likely N-dealkylation sites (N-methyl/N-ethyl adjacent to an activating group) is 1. The Kier molecular flexibility index (Phi) is 4.46. The number of hydrogen-bond acceptors (Lipinski definition) is 3. The summed E-state index contributed by atoms with van der Waals surface area (Å²) in [6, 6.07) is 7.29. The minimum Gasteiger partial charge on any atom is -0.481 e.